The Balaban J connectivity index is 0.962. The number of hydrogen-bond donors (Lipinski definition) is 8. The van der Waals surface area contributed by atoms with Crippen molar-refractivity contribution in [2.75, 3.05) is 13.2 Å². The molecule has 4 heterocycles. The monoisotopic (exact) mass is 1050 g/mol. The third kappa shape index (κ3) is 13.7. The van der Waals surface area contributed by atoms with Gasteiger partial charge in [0.05, 0.1) is 41.1 Å². The first kappa shape index (κ1) is 55.8. The second kappa shape index (κ2) is 25.6. The third-order valence-electron chi connectivity index (χ3n) is 15.1. The molecular formula is C52H70N6O17. The molecule has 2 aliphatic heterocycles. The molecule has 8 rings (SSSR count). The van der Waals surface area contributed by atoms with Crippen molar-refractivity contribution in [2.24, 2.45) is 17.8 Å². The molecule has 4 aromatic rings. The number of esters is 1. The molecule has 0 bridgehead atoms. The number of carbonyl (C=O) groups is 3. The van der Waals surface area contributed by atoms with E-state index in [1.165, 1.54) is 25.1 Å². The van der Waals surface area contributed by atoms with Crippen LogP contribution in [0.1, 0.15) is 99.7 Å². The summed E-state index contributed by atoms with van der Waals surface area (Å²) in [6.07, 6.45) is -7.88. The minimum Gasteiger partial charge on any atom is -0.479 e. The van der Waals surface area contributed by atoms with E-state index in [0.29, 0.717) is 32.2 Å². The molecule has 23 nitrogen and oxygen atoms in total. The largest absolute Gasteiger partial charge is 0.479 e. The van der Waals surface area contributed by atoms with Gasteiger partial charge in [-0.1, -0.05) is 62.4 Å². The number of aromatic nitrogens is 4. The number of nitrogens with one attached hydrogen (secondary N) is 2. The smallest absolute Gasteiger partial charge is 0.338 e. The fourth-order valence-corrected chi connectivity index (χ4v) is 10.9. The number of aliphatic carboxylic acids is 1. The number of carbonyl (C=O) groups excluding carboxylic acids is 2. The number of ether oxygens (including phenoxy) is 6. The van der Waals surface area contributed by atoms with Crippen LogP contribution in [0.15, 0.2) is 60.9 Å². The van der Waals surface area contributed by atoms with Gasteiger partial charge in [0.1, 0.15) is 36.6 Å². The molecule has 6 unspecified atom stereocenters. The maximum atomic E-state index is 14.1. The highest BCUT2D eigenvalue weighted by atomic mass is 16.7. The molecule has 0 spiro atoms. The van der Waals surface area contributed by atoms with Gasteiger partial charge in [-0.05, 0) is 87.5 Å². The van der Waals surface area contributed by atoms with Gasteiger partial charge in [0.15, 0.2) is 24.8 Å². The Morgan fingerprint density at radius 1 is 0.907 bits per heavy atom. The Morgan fingerprint density at radius 2 is 1.68 bits per heavy atom. The number of carboxylic acid groups (broad SMARTS) is 1. The van der Waals surface area contributed by atoms with E-state index in [9.17, 15) is 55.1 Å². The second-order valence-electron chi connectivity index (χ2n) is 20.5. The maximum Gasteiger partial charge on any atom is 0.338 e. The van der Waals surface area contributed by atoms with Gasteiger partial charge in [0.25, 0.3) is 5.69 Å². The van der Waals surface area contributed by atoms with Crippen molar-refractivity contribution < 1.29 is 78.4 Å². The summed E-state index contributed by atoms with van der Waals surface area (Å²) in [5.41, 5.74) is 2.65. The van der Waals surface area contributed by atoms with Gasteiger partial charge in [-0.3, -0.25) is 19.6 Å². The van der Waals surface area contributed by atoms with E-state index in [4.69, 9.17) is 28.4 Å². The van der Waals surface area contributed by atoms with Gasteiger partial charge in [0, 0.05) is 54.4 Å². The Morgan fingerprint density at radius 3 is 2.41 bits per heavy atom. The number of aliphatic hydroxyl groups is 5. The first-order valence-electron chi connectivity index (χ1n) is 26.1. The van der Waals surface area contributed by atoms with Gasteiger partial charge in [-0.15, -0.1) is 5.10 Å². The average molecular weight is 1050 g/mol. The normalized spacial score (nSPS) is 30.9. The summed E-state index contributed by atoms with van der Waals surface area (Å²) in [7, 11) is 0. The lowest BCUT2D eigenvalue weighted by Crippen LogP contribution is -2.64. The van der Waals surface area contributed by atoms with Crippen LogP contribution in [0.3, 0.4) is 0 Å². The Labute approximate surface area is 432 Å². The highest BCUT2D eigenvalue weighted by Gasteiger charge is 2.54. The van der Waals surface area contributed by atoms with Crippen LogP contribution in [0, 0.1) is 27.9 Å². The Hall–Kier alpha value is -5.47. The number of H-pyrrole nitrogens is 1. The van der Waals surface area contributed by atoms with Gasteiger partial charge in [0.2, 0.25) is 5.91 Å². The van der Waals surface area contributed by atoms with E-state index >= 15 is 0 Å². The number of rotatable bonds is 22. The number of carboxylic acids is 1. The summed E-state index contributed by atoms with van der Waals surface area (Å²) < 4.78 is 39.2. The molecular weight excluding hydrogens is 981 g/mol. The SMILES string of the molecule is CC1O[C@@H](OC2[C@H](C)CC(C(=O)NCCCc3cn(CCCc4c[nH]c5ccc([N+](=O)[O-])cc45)nn3)C[C@H]2O[C@@H]2O[C@@H](CO)[C@H](O)C(O[C@@H](CC3CCCCC3)C(=O)O)C2OC(=O)c2ccccc2)[C@@H](O)C(O)[C@@H]1O. The van der Waals surface area contributed by atoms with Crippen LogP contribution in [-0.4, -0.2) is 166 Å². The van der Waals surface area contributed by atoms with E-state index in [0.717, 1.165) is 54.3 Å². The minimum absolute atomic E-state index is 0.0267. The lowest BCUT2D eigenvalue weighted by Gasteiger charge is -2.48. The number of nitro groups is 1. The number of nitro benzene ring substituents is 1. The zero-order valence-corrected chi connectivity index (χ0v) is 42.1. The fourth-order valence-electron chi connectivity index (χ4n) is 10.9. The predicted octanol–water partition coefficient (Wildman–Crippen LogP) is 3.11. The fraction of sp³-hybridized carbons (Fsp3) is 0.635. The predicted molar refractivity (Wildman–Crippen MR) is 264 cm³/mol. The van der Waals surface area contributed by atoms with Crippen LogP contribution < -0.4 is 5.32 Å². The zero-order chi connectivity index (χ0) is 53.3. The molecule has 2 aromatic carbocycles. The third-order valence-corrected chi connectivity index (χ3v) is 15.1. The molecule has 2 aromatic heterocycles. The summed E-state index contributed by atoms with van der Waals surface area (Å²) >= 11 is 0. The number of non-ortho nitro benzene ring substituents is 1. The number of aliphatic hydroxyl groups excluding tert-OH is 5. The van der Waals surface area contributed by atoms with Crippen LogP contribution in [-0.2, 0) is 57.4 Å². The van der Waals surface area contributed by atoms with Crippen molar-refractivity contribution in [2.45, 2.75) is 177 Å². The summed E-state index contributed by atoms with van der Waals surface area (Å²) in [5, 5.41) is 88.7. The summed E-state index contributed by atoms with van der Waals surface area (Å²) in [4.78, 5) is 54.9. The molecule has 4 fully saturated rings. The van der Waals surface area contributed by atoms with E-state index in [1.54, 1.807) is 41.9 Å². The van der Waals surface area contributed by atoms with E-state index in [-0.39, 0.29) is 48.9 Å². The Bertz CT molecular complexity index is 2520. The van der Waals surface area contributed by atoms with Crippen molar-refractivity contribution in [3.63, 3.8) is 0 Å². The molecule has 23 heteroatoms. The molecule has 2 aliphatic carbocycles. The van der Waals surface area contributed by atoms with E-state index < -0.39 is 115 Å². The second-order valence-corrected chi connectivity index (χ2v) is 20.5. The molecule has 0 radical (unpaired) electrons. The first-order chi connectivity index (χ1) is 36.1. The van der Waals surface area contributed by atoms with Crippen molar-refractivity contribution in [3.05, 3.63) is 87.9 Å². The molecule has 2 saturated heterocycles. The summed E-state index contributed by atoms with van der Waals surface area (Å²) in [6.45, 7) is 3.37. The van der Waals surface area contributed by atoms with E-state index in [1.807, 2.05) is 12.4 Å². The summed E-state index contributed by atoms with van der Waals surface area (Å²) in [5.74, 6) is -3.67. The highest BCUT2D eigenvalue weighted by Crippen LogP contribution is 2.39. The number of fused-ring (bicyclic) bond motifs is 1. The highest BCUT2D eigenvalue weighted by molar-refractivity contribution is 5.89. The molecule has 1 amide bonds. The van der Waals surface area contributed by atoms with Crippen LogP contribution in [0.2, 0.25) is 0 Å². The number of benzene rings is 2. The molecule has 15 atom stereocenters. The molecule has 75 heavy (non-hydrogen) atoms. The van der Waals surface area contributed by atoms with Crippen molar-refractivity contribution in [3.8, 4) is 0 Å². The van der Waals surface area contributed by atoms with Crippen molar-refractivity contribution >= 4 is 34.4 Å². The maximum absolute atomic E-state index is 14.1. The van der Waals surface area contributed by atoms with Crippen LogP contribution in [0.25, 0.3) is 10.9 Å². The molecule has 410 valence electrons. The number of hydrogen-bond acceptors (Lipinski definition) is 18. The standard InChI is InChI=1S/C52H70N6O17/c1-28-21-33(48(64)53-19-9-16-34-26-57(56-55-34)20-10-15-32-25-54-37-18-17-35(58(68)69)24-36(32)37)23-38(45(28)75-51-44(63)43(62)41(60)29(2)70-51)72-52-47(74-50(67)31-13-7-4-8-14-31)46(42(61)40(27-59)73-52)71-39(49(65)66)22-30-11-5-3-6-12-30/h4,7-8,13-14,17-18,24-26,28-30,33,38-47,51-52,54,59-63H,3,5-6,9-12,15-16,19-23,27H2,1-2H3,(H,53,64)(H,65,66)/t28-,29?,33?,38-,39+,40+,41-,42+,43?,44+,45?,46?,47?,51+,52-/m1/s1. The molecule has 4 aliphatic rings. The average Bonchev–Trinajstić information content (AvgIpc) is 4.04. The molecule has 8 N–H and O–H groups in total. The lowest BCUT2D eigenvalue weighted by molar-refractivity contribution is -0.384. The van der Waals surface area contributed by atoms with Crippen molar-refractivity contribution in [1.29, 1.82) is 0 Å². The van der Waals surface area contributed by atoms with Gasteiger partial charge in [-0.2, -0.15) is 0 Å². The number of aryl methyl sites for hydroxylation is 3. The quantitative estimate of drug-likeness (QED) is 0.0243. The minimum atomic E-state index is -1.71. The molecule has 2 saturated carbocycles. The van der Waals surface area contributed by atoms with Gasteiger partial charge < -0.3 is 69.4 Å². The van der Waals surface area contributed by atoms with Gasteiger partial charge in [-0.25, -0.2) is 9.59 Å². The number of aromatic amines is 1. The lowest BCUT2D eigenvalue weighted by atomic mass is 9.77. The van der Waals surface area contributed by atoms with Crippen LogP contribution in [0.4, 0.5) is 5.69 Å². The Kier molecular flexibility index (Phi) is 19.0. The van der Waals surface area contributed by atoms with Crippen molar-refractivity contribution in [1.82, 2.24) is 25.3 Å². The number of amides is 1. The topological polar surface area (TPSA) is 330 Å². The number of nitrogens with zero attached hydrogens (tertiary/aromatic N) is 4. The van der Waals surface area contributed by atoms with E-state index in [2.05, 4.69) is 20.6 Å². The first-order valence-corrected chi connectivity index (χ1v) is 26.1. The zero-order valence-electron chi connectivity index (χ0n) is 42.1. The van der Waals surface area contributed by atoms with Crippen LogP contribution >= 0.6 is 0 Å². The van der Waals surface area contributed by atoms with Crippen LogP contribution in [0.5, 0.6) is 0 Å². The summed E-state index contributed by atoms with van der Waals surface area (Å²) in [6, 6.07) is 12.7. The van der Waals surface area contributed by atoms with Gasteiger partial charge >= 0.3 is 11.9 Å².